The number of rotatable bonds is 6. The highest BCUT2D eigenvalue weighted by molar-refractivity contribution is 9.10. The second-order valence-electron chi connectivity index (χ2n) is 7.73. The minimum absolute atomic E-state index is 0.360. The molecule has 32 heavy (non-hydrogen) atoms. The molecule has 0 saturated carbocycles. The quantitative estimate of drug-likeness (QED) is 0.386. The molecule has 6 nitrogen and oxygen atoms in total. The Kier molecular flexibility index (Phi) is 8.25. The average molecular weight is 539 g/mol. The fourth-order valence-corrected chi connectivity index (χ4v) is 4.52. The minimum Gasteiger partial charge on any atom is -0.452 e. The van der Waals surface area contributed by atoms with Gasteiger partial charge in [-0.15, -0.1) is 0 Å². The molecule has 0 aromatic heterocycles. The number of hydrazone groups is 1. The van der Waals surface area contributed by atoms with Gasteiger partial charge in [0.05, 0.1) is 25.1 Å². The van der Waals surface area contributed by atoms with Crippen LogP contribution in [0.1, 0.15) is 25.3 Å². The Hall–Kier alpha value is -2.03. The van der Waals surface area contributed by atoms with Crippen LogP contribution in [-0.4, -0.2) is 48.5 Å². The van der Waals surface area contributed by atoms with Gasteiger partial charge in [-0.1, -0.05) is 46.6 Å². The summed E-state index contributed by atoms with van der Waals surface area (Å²) in [5, 5.41) is 6.69. The predicted molar refractivity (Wildman–Crippen MR) is 135 cm³/mol. The molecule has 1 aliphatic heterocycles. The number of imide groups is 1. The number of carbonyl (C=O) groups excluding carboxylic acids is 2. The van der Waals surface area contributed by atoms with E-state index in [0.717, 1.165) is 39.2 Å². The number of hydrogen-bond acceptors (Lipinski definition) is 5. The third kappa shape index (κ3) is 5.47. The van der Waals surface area contributed by atoms with Crippen molar-refractivity contribution in [2.24, 2.45) is 10.5 Å². The van der Waals surface area contributed by atoms with Crippen molar-refractivity contribution in [2.75, 3.05) is 30.6 Å². The van der Waals surface area contributed by atoms with E-state index in [4.69, 9.17) is 21.4 Å². The molecule has 3 amide bonds. The molecule has 1 atom stereocenters. The molecule has 0 bridgehead atoms. The highest BCUT2D eigenvalue weighted by Crippen LogP contribution is 2.37. The summed E-state index contributed by atoms with van der Waals surface area (Å²) in [6.45, 7) is 2.47. The number of nitrogens with zero attached hydrogens (tertiary/aromatic N) is 3. The lowest BCUT2D eigenvalue weighted by atomic mass is 9.78. The van der Waals surface area contributed by atoms with Crippen LogP contribution in [-0.2, 0) is 4.74 Å². The van der Waals surface area contributed by atoms with Gasteiger partial charge in [0.15, 0.2) is 0 Å². The fourth-order valence-electron chi connectivity index (χ4n) is 3.70. The summed E-state index contributed by atoms with van der Waals surface area (Å²) in [5.74, 6) is 1.02. The molecule has 0 saturated heterocycles. The second kappa shape index (κ2) is 10.7. The lowest BCUT2D eigenvalue weighted by Gasteiger charge is -2.28. The molecule has 1 heterocycles. The molecule has 0 radical (unpaired) electrons. The first-order valence-electron chi connectivity index (χ1n) is 10.1. The van der Waals surface area contributed by atoms with E-state index in [1.807, 2.05) is 24.3 Å². The lowest BCUT2D eigenvalue weighted by molar-refractivity contribution is 0.169. The molecular formula is C23H25BrClN3O3S. The van der Waals surface area contributed by atoms with Crippen LogP contribution >= 0.6 is 39.3 Å². The van der Waals surface area contributed by atoms with Crippen molar-refractivity contribution in [3.05, 3.63) is 63.6 Å². The Bertz CT molecular complexity index is 1000. The highest BCUT2D eigenvalue weighted by Gasteiger charge is 2.43. The van der Waals surface area contributed by atoms with Gasteiger partial charge < -0.3 is 4.74 Å². The first-order valence-corrected chi connectivity index (χ1v) is 12.6. The van der Waals surface area contributed by atoms with Gasteiger partial charge in [-0.05, 0) is 66.8 Å². The topological polar surface area (TPSA) is 62.2 Å². The molecule has 1 unspecified atom stereocenters. The zero-order chi connectivity index (χ0) is 23.3. The van der Waals surface area contributed by atoms with Crippen molar-refractivity contribution in [1.82, 2.24) is 5.01 Å². The van der Waals surface area contributed by atoms with Crippen LogP contribution in [0, 0.1) is 5.41 Å². The third-order valence-electron chi connectivity index (χ3n) is 5.34. The maximum Gasteiger partial charge on any atom is 0.422 e. The minimum atomic E-state index is -0.767. The van der Waals surface area contributed by atoms with E-state index in [-0.39, 0.29) is 5.41 Å². The molecule has 0 fully saturated rings. The van der Waals surface area contributed by atoms with E-state index in [9.17, 15) is 9.59 Å². The van der Waals surface area contributed by atoms with E-state index < -0.39 is 12.1 Å². The zero-order valence-electron chi connectivity index (χ0n) is 18.2. The van der Waals surface area contributed by atoms with E-state index in [2.05, 4.69) is 29.1 Å². The highest BCUT2D eigenvalue weighted by atomic mass is 79.9. The van der Waals surface area contributed by atoms with Gasteiger partial charge in [0.2, 0.25) is 0 Å². The van der Waals surface area contributed by atoms with Crippen molar-refractivity contribution in [1.29, 1.82) is 0 Å². The predicted octanol–water partition coefficient (Wildman–Crippen LogP) is 6.66. The van der Waals surface area contributed by atoms with Crippen LogP contribution in [0.15, 0.2) is 58.1 Å². The number of ether oxygens (including phenoxy) is 1. The molecule has 0 aliphatic carbocycles. The SMILES string of the molecule is COC(=O)N(C(=O)N1CC(C)(CCCSC)C(c2ccc(Cl)cc2)=N1)c1ccc(Br)cc1. The molecule has 2 aromatic rings. The lowest BCUT2D eigenvalue weighted by Crippen LogP contribution is -2.45. The smallest absolute Gasteiger partial charge is 0.422 e. The largest absolute Gasteiger partial charge is 0.452 e. The van der Waals surface area contributed by atoms with Gasteiger partial charge in [0.25, 0.3) is 0 Å². The number of hydrogen-bond donors (Lipinski definition) is 0. The molecule has 0 N–H and O–H groups in total. The second-order valence-corrected chi connectivity index (χ2v) is 10.1. The molecule has 170 valence electrons. The number of amides is 3. The van der Waals surface area contributed by atoms with Gasteiger partial charge in [-0.2, -0.15) is 21.8 Å². The van der Waals surface area contributed by atoms with Gasteiger partial charge in [0.1, 0.15) is 0 Å². The van der Waals surface area contributed by atoms with Crippen molar-refractivity contribution >= 4 is 62.8 Å². The van der Waals surface area contributed by atoms with Crippen molar-refractivity contribution in [3.63, 3.8) is 0 Å². The van der Waals surface area contributed by atoms with Gasteiger partial charge in [0, 0.05) is 14.9 Å². The zero-order valence-corrected chi connectivity index (χ0v) is 21.3. The number of thioether (sulfide) groups is 1. The molecule has 3 rings (SSSR count). The van der Waals surface area contributed by atoms with E-state index in [0.29, 0.717) is 17.3 Å². The number of halogens is 2. The molecular weight excluding hydrogens is 514 g/mol. The summed E-state index contributed by atoms with van der Waals surface area (Å²) in [5.41, 5.74) is 1.76. The van der Waals surface area contributed by atoms with Crippen molar-refractivity contribution in [3.8, 4) is 0 Å². The number of benzene rings is 2. The van der Waals surface area contributed by atoms with Crippen LogP contribution in [0.2, 0.25) is 5.02 Å². The number of carbonyl (C=O) groups is 2. The van der Waals surface area contributed by atoms with Crippen LogP contribution in [0.25, 0.3) is 0 Å². The number of urea groups is 1. The standard InChI is InChI=1S/C23H25BrClN3O3S/c1-23(13-4-14-32-3)15-27(26-20(23)16-5-9-18(25)10-6-16)21(29)28(22(30)31-2)19-11-7-17(24)8-12-19/h5-12H,4,13-15H2,1-3H3. The average Bonchev–Trinajstić information content (AvgIpc) is 3.13. The van der Waals surface area contributed by atoms with Crippen LogP contribution in [0.5, 0.6) is 0 Å². The summed E-state index contributed by atoms with van der Waals surface area (Å²) in [6, 6.07) is 13.8. The first-order chi connectivity index (χ1) is 15.3. The molecule has 2 aromatic carbocycles. The summed E-state index contributed by atoms with van der Waals surface area (Å²) in [7, 11) is 1.25. The number of anilines is 1. The molecule has 1 aliphatic rings. The Morgan fingerprint density at radius 1 is 1.22 bits per heavy atom. The summed E-state index contributed by atoms with van der Waals surface area (Å²) >= 11 is 11.2. The first kappa shape index (κ1) is 24.6. The van der Waals surface area contributed by atoms with Gasteiger partial charge in [-0.3, -0.25) is 0 Å². The summed E-state index contributed by atoms with van der Waals surface area (Å²) in [6.07, 6.45) is 3.15. The monoisotopic (exact) mass is 537 g/mol. The Morgan fingerprint density at radius 3 is 2.47 bits per heavy atom. The van der Waals surface area contributed by atoms with Crippen molar-refractivity contribution < 1.29 is 14.3 Å². The van der Waals surface area contributed by atoms with E-state index >= 15 is 0 Å². The van der Waals surface area contributed by atoms with Crippen molar-refractivity contribution in [2.45, 2.75) is 19.8 Å². The Balaban J connectivity index is 1.97. The van der Waals surface area contributed by atoms with Gasteiger partial charge in [-0.25, -0.2) is 14.6 Å². The maximum atomic E-state index is 13.5. The summed E-state index contributed by atoms with van der Waals surface area (Å²) in [4.78, 5) is 27.0. The van der Waals surface area contributed by atoms with E-state index in [1.165, 1.54) is 12.1 Å². The maximum absolute atomic E-state index is 13.5. The van der Waals surface area contributed by atoms with Crippen LogP contribution < -0.4 is 4.90 Å². The van der Waals surface area contributed by atoms with Crippen LogP contribution in [0.3, 0.4) is 0 Å². The number of methoxy groups -OCH3 is 1. The van der Waals surface area contributed by atoms with E-state index in [1.54, 1.807) is 36.0 Å². The third-order valence-corrected chi connectivity index (χ3v) is 6.82. The summed E-state index contributed by atoms with van der Waals surface area (Å²) < 4.78 is 5.73. The Labute approximate surface area is 206 Å². The fraction of sp³-hybridized carbons (Fsp3) is 0.348. The molecule has 0 spiro atoms. The normalized spacial score (nSPS) is 17.8. The molecule has 9 heteroatoms. The van der Waals surface area contributed by atoms with Gasteiger partial charge >= 0.3 is 12.1 Å². The van der Waals surface area contributed by atoms with Crippen LogP contribution in [0.4, 0.5) is 15.3 Å². The Morgan fingerprint density at radius 2 is 1.88 bits per heavy atom.